The van der Waals surface area contributed by atoms with Gasteiger partial charge in [-0.25, -0.2) is 0 Å². The van der Waals surface area contributed by atoms with E-state index >= 15 is 0 Å². The molecular weight excluding hydrogens is 373 g/mol. The Bertz CT molecular complexity index is 532. The molecule has 1 fully saturated rings. The molecule has 108 valence electrons. The number of ether oxygens (including phenoxy) is 1. The maximum atomic E-state index is 12.5. The molecular formula is C14H16INO4. The number of hydrogen-bond acceptors (Lipinski definition) is 3. The summed E-state index contributed by atoms with van der Waals surface area (Å²) in [5.41, 5.74) is 0.595. The van der Waals surface area contributed by atoms with Gasteiger partial charge in [0.15, 0.2) is 0 Å². The number of rotatable bonds is 3. The van der Waals surface area contributed by atoms with E-state index < -0.39 is 11.9 Å². The van der Waals surface area contributed by atoms with Crippen molar-refractivity contribution < 1.29 is 19.4 Å². The Morgan fingerprint density at radius 3 is 2.80 bits per heavy atom. The summed E-state index contributed by atoms with van der Waals surface area (Å²) in [4.78, 5) is 25.2. The molecule has 1 amide bonds. The normalized spacial score (nSPS) is 18.7. The minimum Gasteiger partial charge on any atom is -0.497 e. The number of likely N-dealkylation sites (tertiary alicyclic amines) is 1. The number of carboxylic acid groups (broad SMARTS) is 1. The first-order valence-corrected chi connectivity index (χ1v) is 7.46. The van der Waals surface area contributed by atoms with E-state index in [0.717, 1.165) is 9.99 Å². The van der Waals surface area contributed by atoms with Crippen molar-refractivity contribution >= 4 is 34.5 Å². The average Bonchev–Trinajstić information content (AvgIpc) is 2.46. The van der Waals surface area contributed by atoms with Crippen molar-refractivity contribution in [2.75, 3.05) is 20.2 Å². The van der Waals surface area contributed by atoms with E-state index in [4.69, 9.17) is 9.84 Å². The number of piperidine rings is 1. The molecule has 1 aromatic rings. The predicted octanol–water partition coefficient (Wildman–Crippen LogP) is 2.24. The quantitative estimate of drug-likeness (QED) is 0.806. The van der Waals surface area contributed by atoms with Gasteiger partial charge in [-0.3, -0.25) is 9.59 Å². The lowest BCUT2D eigenvalue weighted by molar-refractivity contribution is -0.143. The first kappa shape index (κ1) is 15.1. The molecule has 0 saturated carbocycles. The zero-order valence-corrected chi connectivity index (χ0v) is 13.3. The average molecular weight is 389 g/mol. The fraction of sp³-hybridized carbons (Fsp3) is 0.429. The molecule has 1 aliphatic heterocycles. The van der Waals surface area contributed by atoms with E-state index in [2.05, 4.69) is 22.6 Å². The molecule has 5 nitrogen and oxygen atoms in total. The Kier molecular flexibility index (Phi) is 4.85. The zero-order chi connectivity index (χ0) is 14.7. The maximum Gasteiger partial charge on any atom is 0.308 e. The lowest BCUT2D eigenvalue weighted by Gasteiger charge is -2.31. The summed E-state index contributed by atoms with van der Waals surface area (Å²) in [6, 6.07) is 5.27. The van der Waals surface area contributed by atoms with E-state index in [9.17, 15) is 9.59 Å². The fourth-order valence-corrected chi connectivity index (χ4v) is 3.05. The molecule has 20 heavy (non-hydrogen) atoms. The molecule has 1 heterocycles. The van der Waals surface area contributed by atoms with E-state index in [-0.39, 0.29) is 12.5 Å². The van der Waals surface area contributed by atoms with Crippen LogP contribution in [-0.4, -0.2) is 42.1 Å². The van der Waals surface area contributed by atoms with Gasteiger partial charge >= 0.3 is 5.97 Å². The Hall–Kier alpha value is -1.31. The Morgan fingerprint density at radius 2 is 2.20 bits per heavy atom. The van der Waals surface area contributed by atoms with Gasteiger partial charge in [0, 0.05) is 16.7 Å². The summed E-state index contributed by atoms with van der Waals surface area (Å²) in [6.45, 7) is 0.904. The van der Waals surface area contributed by atoms with E-state index in [0.29, 0.717) is 24.3 Å². The minimum absolute atomic E-state index is 0.108. The SMILES string of the molecule is COc1ccc(C(=O)N2CCCC(C(=O)O)C2)c(I)c1. The Labute approximate surface area is 131 Å². The molecule has 0 radical (unpaired) electrons. The first-order valence-electron chi connectivity index (χ1n) is 6.38. The van der Waals surface area contributed by atoms with Gasteiger partial charge in [0.05, 0.1) is 18.6 Å². The van der Waals surface area contributed by atoms with Crippen molar-refractivity contribution in [1.82, 2.24) is 4.90 Å². The number of methoxy groups -OCH3 is 1. The lowest BCUT2D eigenvalue weighted by atomic mass is 9.97. The van der Waals surface area contributed by atoms with Gasteiger partial charge in [-0.05, 0) is 53.6 Å². The molecule has 1 saturated heterocycles. The second kappa shape index (κ2) is 6.43. The van der Waals surface area contributed by atoms with Crippen LogP contribution in [0.5, 0.6) is 5.75 Å². The Morgan fingerprint density at radius 1 is 1.45 bits per heavy atom. The summed E-state index contributed by atoms with van der Waals surface area (Å²) in [5, 5.41) is 9.08. The monoisotopic (exact) mass is 389 g/mol. The highest BCUT2D eigenvalue weighted by Crippen LogP contribution is 2.23. The van der Waals surface area contributed by atoms with E-state index in [1.54, 1.807) is 30.2 Å². The Balaban J connectivity index is 2.16. The molecule has 0 bridgehead atoms. The third-order valence-corrected chi connectivity index (χ3v) is 4.36. The van der Waals surface area contributed by atoms with Crippen molar-refractivity contribution in [3.8, 4) is 5.75 Å². The van der Waals surface area contributed by atoms with Crippen LogP contribution in [0.2, 0.25) is 0 Å². The van der Waals surface area contributed by atoms with Crippen molar-refractivity contribution in [2.45, 2.75) is 12.8 Å². The third-order valence-electron chi connectivity index (χ3n) is 3.46. The molecule has 6 heteroatoms. The van der Waals surface area contributed by atoms with Crippen LogP contribution in [-0.2, 0) is 4.79 Å². The summed E-state index contributed by atoms with van der Waals surface area (Å²) in [5.74, 6) is -0.688. The van der Waals surface area contributed by atoms with Crippen LogP contribution in [0.25, 0.3) is 0 Å². The topological polar surface area (TPSA) is 66.8 Å². The van der Waals surface area contributed by atoms with Crippen LogP contribution in [0.3, 0.4) is 0 Å². The summed E-state index contributed by atoms with van der Waals surface area (Å²) >= 11 is 2.10. The molecule has 0 aromatic heterocycles. The molecule has 1 atom stereocenters. The molecule has 2 rings (SSSR count). The van der Waals surface area contributed by atoms with Gasteiger partial charge in [-0.1, -0.05) is 0 Å². The highest BCUT2D eigenvalue weighted by Gasteiger charge is 2.29. The number of carbonyl (C=O) groups excluding carboxylic acids is 1. The van der Waals surface area contributed by atoms with Gasteiger partial charge in [0.25, 0.3) is 5.91 Å². The standard InChI is InChI=1S/C14H16INO4/c1-20-10-4-5-11(12(15)7-10)13(17)16-6-2-3-9(8-16)14(18)19/h4-5,7,9H,2-3,6,8H2,1H3,(H,18,19). The van der Waals surface area contributed by atoms with Crippen LogP contribution >= 0.6 is 22.6 Å². The van der Waals surface area contributed by atoms with Crippen LogP contribution in [0.15, 0.2) is 18.2 Å². The van der Waals surface area contributed by atoms with Crippen molar-refractivity contribution in [1.29, 1.82) is 0 Å². The molecule has 1 aliphatic rings. The number of carboxylic acids is 1. The number of amides is 1. The number of carbonyl (C=O) groups is 2. The number of hydrogen-bond donors (Lipinski definition) is 1. The van der Waals surface area contributed by atoms with E-state index in [1.165, 1.54) is 0 Å². The summed E-state index contributed by atoms with van der Waals surface area (Å²) in [7, 11) is 1.58. The smallest absolute Gasteiger partial charge is 0.308 e. The fourth-order valence-electron chi connectivity index (χ4n) is 2.33. The number of aliphatic carboxylic acids is 1. The molecule has 1 aromatic carbocycles. The third kappa shape index (κ3) is 3.23. The van der Waals surface area contributed by atoms with Gasteiger partial charge in [0.1, 0.15) is 5.75 Å². The number of halogens is 1. The highest BCUT2D eigenvalue weighted by molar-refractivity contribution is 14.1. The van der Waals surface area contributed by atoms with Crippen LogP contribution in [0, 0.1) is 9.49 Å². The largest absolute Gasteiger partial charge is 0.497 e. The first-order chi connectivity index (χ1) is 9.52. The second-order valence-electron chi connectivity index (χ2n) is 4.77. The van der Waals surface area contributed by atoms with Gasteiger partial charge < -0.3 is 14.7 Å². The number of benzene rings is 1. The highest BCUT2D eigenvalue weighted by atomic mass is 127. The minimum atomic E-state index is -0.827. The second-order valence-corrected chi connectivity index (χ2v) is 5.94. The van der Waals surface area contributed by atoms with Gasteiger partial charge in [0.2, 0.25) is 0 Å². The lowest BCUT2D eigenvalue weighted by Crippen LogP contribution is -2.42. The van der Waals surface area contributed by atoms with Crippen molar-refractivity contribution in [3.63, 3.8) is 0 Å². The van der Waals surface area contributed by atoms with Crippen LogP contribution < -0.4 is 4.74 Å². The van der Waals surface area contributed by atoms with Gasteiger partial charge in [-0.15, -0.1) is 0 Å². The number of nitrogens with zero attached hydrogens (tertiary/aromatic N) is 1. The van der Waals surface area contributed by atoms with Crippen LogP contribution in [0.1, 0.15) is 23.2 Å². The van der Waals surface area contributed by atoms with Crippen LogP contribution in [0.4, 0.5) is 0 Å². The zero-order valence-electron chi connectivity index (χ0n) is 11.1. The van der Waals surface area contributed by atoms with E-state index in [1.807, 2.05) is 0 Å². The predicted molar refractivity (Wildman–Crippen MR) is 82.0 cm³/mol. The summed E-state index contributed by atoms with van der Waals surface area (Å²) in [6.07, 6.45) is 1.37. The molecule has 1 N–H and O–H groups in total. The summed E-state index contributed by atoms with van der Waals surface area (Å²) < 4.78 is 5.93. The molecule has 0 spiro atoms. The van der Waals surface area contributed by atoms with Crippen molar-refractivity contribution in [3.05, 3.63) is 27.3 Å². The molecule has 0 aliphatic carbocycles. The van der Waals surface area contributed by atoms with Gasteiger partial charge in [-0.2, -0.15) is 0 Å². The van der Waals surface area contributed by atoms with Crippen molar-refractivity contribution in [2.24, 2.45) is 5.92 Å². The molecule has 1 unspecified atom stereocenters. The maximum absolute atomic E-state index is 12.5.